The van der Waals surface area contributed by atoms with Gasteiger partial charge < -0.3 is 10.2 Å². The minimum Gasteiger partial charge on any atom is -0.340 e. The summed E-state index contributed by atoms with van der Waals surface area (Å²) in [5.74, 6) is 1.73. The van der Waals surface area contributed by atoms with Crippen LogP contribution in [0.1, 0.15) is 44.0 Å². The maximum absolute atomic E-state index is 13.3. The molecule has 0 saturated carbocycles. The maximum atomic E-state index is 13.3. The summed E-state index contributed by atoms with van der Waals surface area (Å²) in [5.41, 5.74) is 2.70. The lowest BCUT2D eigenvalue weighted by Gasteiger charge is -2.29. The molecule has 0 radical (unpaired) electrons. The quantitative estimate of drug-likeness (QED) is 0.562. The molecule has 1 saturated heterocycles. The number of nitrogens with zero attached hydrogens (tertiary/aromatic N) is 4. The maximum Gasteiger partial charge on any atom is 0.226 e. The molecule has 162 valence electrons. The molecule has 0 spiro atoms. The predicted octanol–water partition coefficient (Wildman–Crippen LogP) is 5.30. The highest BCUT2D eigenvalue weighted by Gasteiger charge is 2.35. The van der Waals surface area contributed by atoms with Crippen LogP contribution in [0.2, 0.25) is 0 Å². The molecule has 5 rings (SSSR count). The molecule has 1 fully saturated rings. The highest BCUT2D eigenvalue weighted by molar-refractivity contribution is 5.80. The van der Waals surface area contributed by atoms with Gasteiger partial charge in [-0.1, -0.05) is 30.4 Å². The van der Waals surface area contributed by atoms with E-state index in [0.29, 0.717) is 5.82 Å². The van der Waals surface area contributed by atoms with E-state index in [-0.39, 0.29) is 17.9 Å². The van der Waals surface area contributed by atoms with Crippen molar-refractivity contribution in [3.63, 3.8) is 0 Å². The first-order chi connectivity index (χ1) is 15.8. The Morgan fingerprint density at radius 2 is 1.94 bits per heavy atom. The zero-order valence-corrected chi connectivity index (χ0v) is 18.0. The van der Waals surface area contributed by atoms with Crippen molar-refractivity contribution in [2.75, 3.05) is 11.9 Å². The van der Waals surface area contributed by atoms with E-state index in [0.717, 1.165) is 61.4 Å². The molecule has 1 aliphatic carbocycles. The molecule has 1 N–H and O–H groups in total. The number of para-hydroxylation sites is 1. The highest BCUT2D eigenvalue weighted by Crippen LogP contribution is 2.35. The second-order valence-electron chi connectivity index (χ2n) is 8.40. The Morgan fingerprint density at radius 1 is 1.03 bits per heavy atom. The van der Waals surface area contributed by atoms with Gasteiger partial charge in [0.05, 0.1) is 11.7 Å². The van der Waals surface area contributed by atoms with Crippen molar-refractivity contribution >= 4 is 17.4 Å². The van der Waals surface area contributed by atoms with Crippen LogP contribution in [-0.4, -0.2) is 32.3 Å². The topological polar surface area (TPSA) is 71.0 Å². The summed E-state index contributed by atoms with van der Waals surface area (Å²) >= 11 is 0. The smallest absolute Gasteiger partial charge is 0.226 e. The molecule has 3 aromatic rings. The molecule has 32 heavy (non-hydrogen) atoms. The fraction of sp³-hybridized carbons (Fsp3) is 0.308. The van der Waals surface area contributed by atoms with Crippen molar-refractivity contribution in [3.05, 3.63) is 78.9 Å². The molecule has 3 heterocycles. The number of hydrogen-bond donors (Lipinski definition) is 1. The molecular formula is C26H27N5O. The first-order valence-electron chi connectivity index (χ1n) is 11.3. The van der Waals surface area contributed by atoms with E-state index in [9.17, 15) is 4.79 Å². The molecule has 1 aromatic carbocycles. The number of hydrogen-bond acceptors (Lipinski definition) is 5. The van der Waals surface area contributed by atoms with Crippen LogP contribution in [0.5, 0.6) is 0 Å². The number of benzene rings is 1. The Kier molecular flexibility index (Phi) is 5.92. The van der Waals surface area contributed by atoms with E-state index in [1.165, 1.54) is 0 Å². The van der Waals surface area contributed by atoms with Crippen molar-refractivity contribution in [1.29, 1.82) is 0 Å². The van der Waals surface area contributed by atoms with E-state index in [1.54, 1.807) is 6.20 Å². The van der Waals surface area contributed by atoms with Gasteiger partial charge in [-0.2, -0.15) is 0 Å². The number of carbonyl (C=O) groups excluding carboxylic acids is 1. The number of rotatable bonds is 5. The van der Waals surface area contributed by atoms with Gasteiger partial charge in [-0.05, 0) is 56.4 Å². The van der Waals surface area contributed by atoms with Gasteiger partial charge in [-0.25, -0.2) is 9.97 Å². The van der Waals surface area contributed by atoms with Crippen LogP contribution >= 0.6 is 0 Å². The number of aromatic nitrogens is 3. The Bertz CT molecular complexity index is 1100. The van der Waals surface area contributed by atoms with Crippen LogP contribution in [-0.2, 0) is 4.79 Å². The molecule has 2 aromatic heterocycles. The van der Waals surface area contributed by atoms with Crippen LogP contribution in [0, 0.1) is 5.92 Å². The number of carbonyl (C=O) groups is 1. The summed E-state index contributed by atoms with van der Waals surface area (Å²) in [5, 5.41) is 3.40. The molecule has 0 unspecified atom stereocenters. The van der Waals surface area contributed by atoms with Gasteiger partial charge in [0.25, 0.3) is 0 Å². The van der Waals surface area contributed by atoms with Gasteiger partial charge in [0.15, 0.2) is 5.82 Å². The Hall–Kier alpha value is -3.54. The van der Waals surface area contributed by atoms with Crippen molar-refractivity contribution in [1.82, 2.24) is 19.9 Å². The van der Waals surface area contributed by atoms with E-state index in [2.05, 4.69) is 22.5 Å². The Balaban J connectivity index is 1.49. The van der Waals surface area contributed by atoms with Crippen molar-refractivity contribution in [3.8, 4) is 11.3 Å². The zero-order chi connectivity index (χ0) is 21.8. The molecule has 2 atom stereocenters. The van der Waals surface area contributed by atoms with E-state index >= 15 is 0 Å². The van der Waals surface area contributed by atoms with Gasteiger partial charge in [-0.3, -0.25) is 9.78 Å². The first-order valence-corrected chi connectivity index (χ1v) is 11.3. The molecule has 0 bridgehead atoms. The van der Waals surface area contributed by atoms with E-state index in [1.807, 2.05) is 59.6 Å². The standard InChI is InChI=1S/C26H27N5O/c32-26(19-9-3-1-4-10-19)31-16-8-14-23(31)25-29-22(20-11-7-15-27-18-20)17-24(30-25)28-21-12-5-2-6-13-21/h1-3,5-7,11-13,15,17-19,23H,4,8-10,14,16H2,(H,28,29,30)/t19-,23-/m1/s1. The number of pyridine rings is 1. The lowest BCUT2D eigenvalue weighted by atomic mass is 9.93. The van der Waals surface area contributed by atoms with Crippen LogP contribution in [0.4, 0.5) is 11.5 Å². The van der Waals surface area contributed by atoms with Crippen molar-refractivity contribution in [2.24, 2.45) is 5.92 Å². The largest absolute Gasteiger partial charge is 0.340 e. The summed E-state index contributed by atoms with van der Waals surface area (Å²) in [6.07, 6.45) is 12.5. The van der Waals surface area contributed by atoms with E-state index < -0.39 is 0 Å². The molecule has 2 aliphatic rings. The summed E-state index contributed by atoms with van der Waals surface area (Å²) < 4.78 is 0. The van der Waals surface area contributed by atoms with Gasteiger partial charge in [0, 0.05) is 42.2 Å². The SMILES string of the molecule is O=C([C@@H]1CC=CCC1)N1CCC[C@@H]1c1nc(Nc2ccccc2)cc(-c2cccnc2)n1. The van der Waals surface area contributed by atoms with Gasteiger partial charge >= 0.3 is 0 Å². The first kappa shape index (κ1) is 20.4. The summed E-state index contributed by atoms with van der Waals surface area (Å²) in [6.45, 7) is 0.769. The molecule has 1 aliphatic heterocycles. The lowest BCUT2D eigenvalue weighted by Crippen LogP contribution is -2.36. The third-order valence-corrected chi connectivity index (χ3v) is 6.20. The second-order valence-corrected chi connectivity index (χ2v) is 8.40. The van der Waals surface area contributed by atoms with Crippen LogP contribution < -0.4 is 5.32 Å². The molecular weight excluding hydrogens is 398 g/mol. The summed E-state index contributed by atoms with van der Waals surface area (Å²) in [7, 11) is 0. The van der Waals surface area contributed by atoms with Gasteiger partial charge in [0.1, 0.15) is 5.82 Å². The fourth-order valence-electron chi connectivity index (χ4n) is 4.56. The second kappa shape index (κ2) is 9.30. The normalized spacial score (nSPS) is 20.3. The average Bonchev–Trinajstić information content (AvgIpc) is 3.35. The third-order valence-electron chi connectivity index (χ3n) is 6.20. The van der Waals surface area contributed by atoms with Crippen molar-refractivity contribution in [2.45, 2.75) is 38.1 Å². The number of allylic oxidation sites excluding steroid dienone is 2. The lowest BCUT2D eigenvalue weighted by molar-refractivity contribution is -0.136. The van der Waals surface area contributed by atoms with Gasteiger partial charge in [0.2, 0.25) is 5.91 Å². The van der Waals surface area contributed by atoms with Crippen molar-refractivity contribution < 1.29 is 4.79 Å². The number of amides is 1. The monoisotopic (exact) mass is 425 g/mol. The van der Waals surface area contributed by atoms with Crippen LogP contribution in [0.15, 0.2) is 73.1 Å². The van der Waals surface area contributed by atoms with Gasteiger partial charge in [-0.15, -0.1) is 0 Å². The number of nitrogens with one attached hydrogen (secondary N) is 1. The molecule has 6 heteroatoms. The Morgan fingerprint density at radius 3 is 2.72 bits per heavy atom. The van der Waals surface area contributed by atoms with Crippen LogP contribution in [0.25, 0.3) is 11.3 Å². The third kappa shape index (κ3) is 4.40. The minimum absolute atomic E-state index is 0.0732. The number of likely N-dealkylation sites (tertiary alicyclic amines) is 1. The molecule has 1 amide bonds. The summed E-state index contributed by atoms with van der Waals surface area (Å²) in [6, 6.07) is 15.7. The number of anilines is 2. The Labute approximate surface area is 188 Å². The fourth-order valence-corrected chi connectivity index (χ4v) is 4.56. The predicted molar refractivity (Wildman–Crippen MR) is 125 cm³/mol. The molecule has 6 nitrogen and oxygen atoms in total. The van der Waals surface area contributed by atoms with Crippen LogP contribution in [0.3, 0.4) is 0 Å². The minimum atomic E-state index is -0.0960. The summed E-state index contributed by atoms with van der Waals surface area (Å²) in [4.78, 5) is 29.4. The highest BCUT2D eigenvalue weighted by atomic mass is 16.2. The average molecular weight is 426 g/mol. The van der Waals surface area contributed by atoms with E-state index in [4.69, 9.17) is 9.97 Å². The zero-order valence-electron chi connectivity index (χ0n) is 18.0.